The fraction of sp³-hybridized carbons (Fsp3) is 0.386. The van der Waals surface area contributed by atoms with Crippen LogP contribution in [0.5, 0.6) is 0 Å². The van der Waals surface area contributed by atoms with E-state index in [1.165, 1.54) is 45.6 Å². The number of nitrogens with zero attached hydrogens (tertiary/aromatic N) is 12. The fourth-order valence-corrected chi connectivity index (χ4v) is 12.2. The maximum atomic E-state index is 13.8. The molecule has 12 rings (SSSR count). The number of nitrogens with one attached hydrogen (secondary N) is 1. The van der Waals surface area contributed by atoms with Gasteiger partial charge in [-0.25, -0.2) is 13.1 Å². The van der Waals surface area contributed by atoms with Crippen LogP contribution in [0.2, 0.25) is 0 Å². The summed E-state index contributed by atoms with van der Waals surface area (Å²) in [5.74, 6) is 4.70. The molecule has 6 heterocycles. The summed E-state index contributed by atoms with van der Waals surface area (Å²) in [6.45, 7) is 15.6. The topological polar surface area (TPSA) is 228 Å². The summed E-state index contributed by atoms with van der Waals surface area (Å²) >= 11 is 1.29. The van der Waals surface area contributed by atoms with E-state index < -0.39 is 38.1 Å². The van der Waals surface area contributed by atoms with Gasteiger partial charge in [-0.2, -0.15) is 22.7 Å². The number of para-hydroxylation sites is 9. The molecular formula is C70H99F4N15O6S2. The number of nitrogens with two attached hydrogens (primary N) is 2. The molecule has 530 valence electrons. The largest absolute Gasteiger partial charge is 0.435 e. The van der Waals surface area contributed by atoms with Gasteiger partial charge in [-0.3, -0.25) is 26.1 Å². The van der Waals surface area contributed by atoms with Gasteiger partial charge in [-0.1, -0.05) is 110 Å². The Bertz CT molecular complexity index is 3830. The molecule has 0 spiro atoms. The van der Waals surface area contributed by atoms with Crippen LogP contribution in [0.15, 0.2) is 168 Å². The van der Waals surface area contributed by atoms with E-state index in [4.69, 9.17) is 11.6 Å². The summed E-state index contributed by atoms with van der Waals surface area (Å²) in [6.07, 6.45) is -3.47. The van der Waals surface area contributed by atoms with Gasteiger partial charge in [0.1, 0.15) is 5.69 Å². The minimum Gasteiger partial charge on any atom is -0.397 e. The Labute approximate surface area is 575 Å². The lowest BCUT2D eigenvalue weighted by atomic mass is 10.1. The van der Waals surface area contributed by atoms with E-state index in [-0.39, 0.29) is 52.6 Å². The van der Waals surface area contributed by atoms with Gasteiger partial charge >= 0.3 is 11.9 Å². The van der Waals surface area contributed by atoms with Crippen LogP contribution in [-0.2, 0) is 16.0 Å². The Kier molecular flexibility index (Phi) is 32.6. The van der Waals surface area contributed by atoms with Crippen LogP contribution in [0.3, 0.4) is 0 Å². The Morgan fingerprint density at radius 1 is 0.505 bits per heavy atom. The molecule has 8 aromatic rings. The number of thiophene rings is 1. The number of sulfone groups is 1. The van der Waals surface area contributed by atoms with E-state index in [1.807, 2.05) is 67.0 Å². The molecule has 0 radical (unpaired) electrons. The molecule has 0 saturated carbocycles. The van der Waals surface area contributed by atoms with Crippen molar-refractivity contribution in [3.05, 3.63) is 195 Å². The molecule has 4 fully saturated rings. The summed E-state index contributed by atoms with van der Waals surface area (Å²) in [5.41, 5.74) is 15.6. The van der Waals surface area contributed by atoms with Crippen molar-refractivity contribution in [1.29, 1.82) is 0 Å². The van der Waals surface area contributed by atoms with Crippen LogP contribution in [-0.4, -0.2) is 187 Å². The highest BCUT2D eigenvalue weighted by Crippen LogP contribution is 2.40. The molecule has 5 N–H and O–H groups in total. The van der Waals surface area contributed by atoms with Crippen LogP contribution in [0.25, 0.3) is 27.4 Å². The molecule has 2 aromatic heterocycles. The number of aromatic nitrogens is 2. The van der Waals surface area contributed by atoms with Crippen molar-refractivity contribution >= 4 is 66.7 Å². The number of hydrogen-bond acceptors (Lipinski definition) is 19. The number of nitro groups is 2. The zero-order valence-electron chi connectivity index (χ0n) is 52.2. The van der Waals surface area contributed by atoms with Gasteiger partial charge in [0.2, 0.25) is 5.82 Å². The highest BCUT2D eigenvalue weighted by Gasteiger charge is 2.36. The van der Waals surface area contributed by atoms with Gasteiger partial charge in [-0.15, -0.1) is 11.3 Å². The van der Waals surface area contributed by atoms with Crippen molar-refractivity contribution < 1.29 is 35.8 Å². The van der Waals surface area contributed by atoms with E-state index in [2.05, 4.69) is 89.1 Å². The molecule has 21 nitrogen and oxygen atoms in total. The summed E-state index contributed by atoms with van der Waals surface area (Å²) < 4.78 is 79.1. The van der Waals surface area contributed by atoms with E-state index >= 15 is 0 Å². The summed E-state index contributed by atoms with van der Waals surface area (Å²) in [5, 5.41) is 26.7. The average molecular weight is 1390 g/mol. The Balaban J connectivity index is 0.000000343. The number of nitrogen functional groups attached to an aromatic ring is 2. The number of alkyl halides is 3. The molecule has 27 heteroatoms. The number of hydrazine groups is 1. The van der Waals surface area contributed by atoms with Crippen molar-refractivity contribution in [3.63, 3.8) is 0 Å². The molecule has 4 aliphatic rings. The first-order valence-electron chi connectivity index (χ1n) is 29.9. The summed E-state index contributed by atoms with van der Waals surface area (Å²) in [7, 11) is 5.03. The molecule has 4 saturated heterocycles. The molecule has 6 aromatic carbocycles. The first-order valence-corrected chi connectivity index (χ1v) is 32.7. The first kappa shape index (κ1) is 82.5. The third-order valence-corrected chi connectivity index (χ3v) is 18.1. The van der Waals surface area contributed by atoms with E-state index in [9.17, 15) is 46.2 Å². The Morgan fingerprint density at radius 2 is 0.918 bits per heavy atom. The van der Waals surface area contributed by atoms with Gasteiger partial charge in [0.25, 0.3) is 5.69 Å². The minimum atomic E-state index is -4.60. The first-order chi connectivity index (χ1) is 44.0. The van der Waals surface area contributed by atoms with Crippen molar-refractivity contribution in [1.82, 2.24) is 29.4 Å². The predicted molar refractivity (Wildman–Crippen MR) is 394 cm³/mol. The SMILES string of the molecule is C.C.C.C.C.CN1CCN(c2ccccc2-n2nc(C(F)(F)F)cc2-c2cc(-c3cccc(S(C)(=O)=O)c3)cs2)CC1.CN1CCN(c2ccccc2N)CC1.CN1CCN(c2ccccc2NN)CC1.CN1CCN(c2ccccc2[N+](=O)[O-])CC1.O=[N+]([O-])c1ccccc1F. The van der Waals surface area contributed by atoms with E-state index in [0.717, 1.165) is 157 Å². The molecule has 0 aliphatic carbocycles. The number of likely N-dealkylation sites (N-methyl/N-ethyl adjacent to an activating group) is 4. The van der Waals surface area contributed by atoms with Crippen molar-refractivity contribution in [2.45, 2.75) is 48.2 Å². The lowest BCUT2D eigenvalue weighted by Gasteiger charge is -2.35. The number of hydrogen-bond donors (Lipinski definition) is 3. The Morgan fingerprint density at radius 3 is 1.38 bits per heavy atom. The highest BCUT2D eigenvalue weighted by molar-refractivity contribution is 7.90. The quantitative estimate of drug-likeness (QED) is 0.0359. The monoisotopic (exact) mass is 1390 g/mol. The highest BCUT2D eigenvalue weighted by atomic mass is 32.2. The molecular weight excluding hydrogens is 1290 g/mol. The second-order valence-electron chi connectivity index (χ2n) is 22.6. The number of benzene rings is 6. The van der Waals surface area contributed by atoms with Crippen LogP contribution in [0.4, 0.5) is 63.1 Å². The maximum absolute atomic E-state index is 13.8. The minimum absolute atomic E-state index is 0. The third kappa shape index (κ3) is 22.7. The standard InChI is InChI=1S/C26H25F3N4O2S2.C11H18N4.C11H15N3O2.C11H17N3.C6H4FNO2.5CH4/c1-31-10-12-32(13-11-31)21-8-3-4-9-22(21)33-23(16-25(30-33)26(27,28)29)24-15-19(17-36-24)18-6-5-7-20(14-18)37(2,34)35;1-14-6-8-15(9-7-14)11-5-3-2-4-10(11)13-12;1-12-6-8-13(9-7-12)10-4-2-3-5-11(10)14(15)16;1-13-6-8-14(9-7-13)11-5-3-2-4-10(11)12;7-5-3-1-2-4-6(5)8(9)10;;;;;/h3-9,14-17H,10-13H2,1-2H3;2-5,13H,6-9,12H2,1H3;2-5H,6-9H2,1H3;2-5H,6-9,12H2,1H3;1-4H;5*1H4. The van der Waals surface area contributed by atoms with E-state index in [0.29, 0.717) is 21.8 Å². The van der Waals surface area contributed by atoms with Crippen molar-refractivity contribution in [2.24, 2.45) is 5.84 Å². The fourth-order valence-electron chi connectivity index (χ4n) is 10.6. The van der Waals surface area contributed by atoms with Gasteiger partial charge in [0.05, 0.1) is 59.4 Å². The maximum Gasteiger partial charge on any atom is 0.435 e. The van der Waals surface area contributed by atoms with Gasteiger partial charge in [-0.05, 0) is 117 Å². The van der Waals surface area contributed by atoms with Crippen molar-refractivity contribution in [3.8, 4) is 27.4 Å². The molecule has 0 atom stereocenters. The summed E-state index contributed by atoms with van der Waals surface area (Å²) in [6, 6.07) is 44.9. The Hall–Kier alpha value is -8.70. The van der Waals surface area contributed by atoms with E-state index in [1.54, 1.807) is 48.5 Å². The lowest BCUT2D eigenvalue weighted by molar-refractivity contribution is -0.387. The van der Waals surface area contributed by atoms with Gasteiger partial charge in [0, 0.05) is 123 Å². The molecule has 4 aliphatic heterocycles. The van der Waals surface area contributed by atoms with Gasteiger partial charge in [0.15, 0.2) is 15.5 Å². The second-order valence-corrected chi connectivity index (χ2v) is 25.6. The van der Waals surface area contributed by atoms with Crippen LogP contribution in [0, 0.1) is 26.0 Å². The summed E-state index contributed by atoms with van der Waals surface area (Å²) in [4.78, 5) is 38.7. The number of nitro benzene ring substituents is 2. The molecule has 0 amide bonds. The number of rotatable bonds is 11. The zero-order chi connectivity index (χ0) is 66.1. The molecule has 0 bridgehead atoms. The second kappa shape index (κ2) is 38.3. The zero-order valence-corrected chi connectivity index (χ0v) is 53.8. The lowest BCUT2D eigenvalue weighted by Crippen LogP contribution is -2.44. The number of halogens is 4. The average Bonchev–Trinajstić information content (AvgIpc) is 1.63. The van der Waals surface area contributed by atoms with Gasteiger partial charge < -0.3 is 50.4 Å². The molecule has 0 unspecified atom stereocenters. The van der Waals surface area contributed by atoms with Crippen LogP contribution < -0.4 is 36.6 Å². The smallest absolute Gasteiger partial charge is 0.397 e. The normalized spacial score (nSPS) is 15.1. The number of anilines is 6. The third-order valence-electron chi connectivity index (χ3n) is 16.1. The van der Waals surface area contributed by atoms with Crippen molar-refractivity contribution in [2.75, 3.05) is 170 Å². The number of piperazine rings is 4. The van der Waals surface area contributed by atoms with Crippen LogP contribution in [0.1, 0.15) is 42.8 Å². The van der Waals surface area contributed by atoms with Crippen LogP contribution >= 0.6 is 11.3 Å². The molecule has 97 heavy (non-hydrogen) atoms. The predicted octanol–water partition coefficient (Wildman–Crippen LogP) is 13.4.